The number of rotatable bonds is 4. The monoisotopic (exact) mass is 223 g/mol. The lowest BCUT2D eigenvalue weighted by Crippen LogP contribution is -2.48. The van der Waals surface area contributed by atoms with Gasteiger partial charge in [-0.2, -0.15) is 0 Å². The Labute approximate surface area is 93.3 Å². The molecule has 3 nitrogen and oxygen atoms in total. The second-order valence-corrected chi connectivity index (χ2v) is 4.09. The van der Waals surface area contributed by atoms with Gasteiger partial charge < -0.3 is 10.4 Å². The first-order valence-electron chi connectivity index (χ1n) is 5.38. The first-order chi connectivity index (χ1) is 7.66. The molecule has 0 saturated carbocycles. The number of benzene rings is 1. The standard InChI is InChI=1S/C12H14FNO2/c13-10-4-1-8(2-5-10)11(15)6-3-9-7-14-12(9)16/h1-2,4-5,9,11,15H,3,6-7H2,(H,14,16)/t9-,11?/m0/s1. The summed E-state index contributed by atoms with van der Waals surface area (Å²) >= 11 is 0. The molecule has 86 valence electrons. The Balaban J connectivity index is 1.85. The third kappa shape index (κ3) is 2.39. The summed E-state index contributed by atoms with van der Waals surface area (Å²) in [6, 6.07) is 5.80. The number of amides is 1. The zero-order chi connectivity index (χ0) is 11.5. The first kappa shape index (κ1) is 11.1. The number of aliphatic hydroxyl groups excluding tert-OH is 1. The van der Waals surface area contributed by atoms with E-state index in [-0.39, 0.29) is 17.6 Å². The summed E-state index contributed by atoms with van der Waals surface area (Å²) in [5.74, 6) is -0.212. The van der Waals surface area contributed by atoms with Gasteiger partial charge in [0.05, 0.1) is 12.0 Å². The maximum absolute atomic E-state index is 12.6. The fourth-order valence-electron chi connectivity index (χ4n) is 1.77. The molecule has 1 aliphatic rings. The lowest BCUT2D eigenvalue weighted by Gasteiger charge is -2.26. The minimum absolute atomic E-state index is 0.0371. The molecule has 1 aromatic carbocycles. The van der Waals surface area contributed by atoms with E-state index in [0.29, 0.717) is 24.9 Å². The zero-order valence-electron chi connectivity index (χ0n) is 8.82. The van der Waals surface area contributed by atoms with E-state index >= 15 is 0 Å². The Morgan fingerprint density at radius 1 is 1.44 bits per heavy atom. The van der Waals surface area contributed by atoms with Crippen LogP contribution >= 0.6 is 0 Å². The zero-order valence-corrected chi connectivity index (χ0v) is 8.82. The van der Waals surface area contributed by atoms with Crippen molar-refractivity contribution in [3.63, 3.8) is 0 Å². The molecule has 1 unspecified atom stereocenters. The highest BCUT2D eigenvalue weighted by Crippen LogP contribution is 2.23. The molecule has 0 spiro atoms. The molecule has 1 heterocycles. The summed E-state index contributed by atoms with van der Waals surface area (Å²) in [6.07, 6.45) is 0.586. The predicted molar refractivity (Wildman–Crippen MR) is 57.1 cm³/mol. The smallest absolute Gasteiger partial charge is 0.224 e. The third-order valence-corrected chi connectivity index (χ3v) is 2.94. The Hall–Kier alpha value is -1.42. The van der Waals surface area contributed by atoms with Gasteiger partial charge in [-0.3, -0.25) is 4.79 Å². The molecule has 1 aromatic rings. The summed E-state index contributed by atoms with van der Waals surface area (Å²) in [5.41, 5.74) is 0.695. The SMILES string of the molecule is O=C1NC[C@@H]1CCC(O)c1ccc(F)cc1. The van der Waals surface area contributed by atoms with Gasteiger partial charge in [0, 0.05) is 6.54 Å². The maximum Gasteiger partial charge on any atom is 0.224 e. The van der Waals surface area contributed by atoms with Crippen LogP contribution in [0.25, 0.3) is 0 Å². The van der Waals surface area contributed by atoms with Crippen molar-refractivity contribution in [3.8, 4) is 0 Å². The molecular weight excluding hydrogens is 209 g/mol. The highest BCUT2D eigenvalue weighted by atomic mass is 19.1. The number of hydrogen-bond donors (Lipinski definition) is 2. The molecule has 1 saturated heterocycles. The number of halogens is 1. The van der Waals surface area contributed by atoms with E-state index in [9.17, 15) is 14.3 Å². The molecule has 0 aliphatic carbocycles. The van der Waals surface area contributed by atoms with Gasteiger partial charge in [0.15, 0.2) is 0 Å². The quantitative estimate of drug-likeness (QED) is 0.758. The Kier molecular flexibility index (Phi) is 3.19. The summed E-state index contributed by atoms with van der Waals surface area (Å²) < 4.78 is 12.6. The number of hydrogen-bond acceptors (Lipinski definition) is 2. The molecule has 1 aliphatic heterocycles. The Bertz CT molecular complexity index is 377. The molecule has 2 N–H and O–H groups in total. The van der Waals surface area contributed by atoms with Crippen molar-refractivity contribution in [2.75, 3.05) is 6.54 Å². The van der Waals surface area contributed by atoms with Crippen molar-refractivity contribution < 1.29 is 14.3 Å². The molecule has 4 heteroatoms. The Morgan fingerprint density at radius 2 is 2.12 bits per heavy atom. The van der Waals surface area contributed by atoms with Gasteiger partial charge in [-0.25, -0.2) is 4.39 Å². The average Bonchev–Trinajstić information content (AvgIpc) is 2.28. The molecule has 0 bridgehead atoms. The van der Waals surface area contributed by atoms with E-state index in [2.05, 4.69) is 5.32 Å². The van der Waals surface area contributed by atoms with Crippen LogP contribution in [0.2, 0.25) is 0 Å². The number of carbonyl (C=O) groups excluding carboxylic acids is 1. The van der Waals surface area contributed by atoms with Crippen LogP contribution in [0.1, 0.15) is 24.5 Å². The van der Waals surface area contributed by atoms with Crippen LogP contribution in [0.4, 0.5) is 4.39 Å². The van der Waals surface area contributed by atoms with Gasteiger partial charge >= 0.3 is 0 Å². The van der Waals surface area contributed by atoms with Gasteiger partial charge in [-0.05, 0) is 30.5 Å². The van der Waals surface area contributed by atoms with Crippen LogP contribution in [0, 0.1) is 11.7 Å². The molecular formula is C12H14FNO2. The van der Waals surface area contributed by atoms with E-state index in [0.717, 1.165) is 0 Å². The van der Waals surface area contributed by atoms with E-state index in [4.69, 9.17) is 0 Å². The van der Waals surface area contributed by atoms with Gasteiger partial charge in [0.1, 0.15) is 5.82 Å². The van der Waals surface area contributed by atoms with Gasteiger partial charge in [0.25, 0.3) is 0 Å². The highest BCUT2D eigenvalue weighted by Gasteiger charge is 2.27. The van der Waals surface area contributed by atoms with E-state index in [1.54, 1.807) is 12.1 Å². The second-order valence-electron chi connectivity index (χ2n) is 4.09. The van der Waals surface area contributed by atoms with Crippen LogP contribution in [-0.4, -0.2) is 17.6 Å². The summed E-state index contributed by atoms with van der Waals surface area (Å²) in [4.78, 5) is 11.0. The molecule has 0 radical (unpaired) electrons. The van der Waals surface area contributed by atoms with Crippen molar-refractivity contribution in [2.45, 2.75) is 18.9 Å². The molecule has 1 amide bonds. The topological polar surface area (TPSA) is 49.3 Å². The van der Waals surface area contributed by atoms with E-state index in [1.165, 1.54) is 12.1 Å². The number of nitrogens with one attached hydrogen (secondary N) is 1. The predicted octanol–water partition coefficient (Wildman–Crippen LogP) is 1.39. The lowest BCUT2D eigenvalue weighted by atomic mass is 9.93. The normalized spacial score (nSPS) is 21.1. The van der Waals surface area contributed by atoms with Crippen molar-refractivity contribution in [3.05, 3.63) is 35.6 Å². The van der Waals surface area contributed by atoms with Crippen molar-refractivity contribution in [1.29, 1.82) is 0 Å². The van der Waals surface area contributed by atoms with E-state index < -0.39 is 6.10 Å². The first-order valence-corrected chi connectivity index (χ1v) is 5.38. The fourth-order valence-corrected chi connectivity index (χ4v) is 1.77. The van der Waals surface area contributed by atoms with Gasteiger partial charge in [0.2, 0.25) is 5.91 Å². The van der Waals surface area contributed by atoms with Crippen LogP contribution < -0.4 is 5.32 Å². The molecule has 2 atom stereocenters. The lowest BCUT2D eigenvalue weighted by molar-refractivity contribution is -0.131. The fraction of sp³-hybridized carbons (Fsp3) is 0.417. The van der Waals surface area contributed by atoms with Crippen molar-refractivity contribution in [2.24, 2.45) is 5.92 Å². The highest BCUT2D eigenvalue weighted by molar-refractivity contribution is 5.84. The van der Waals surface area contributed by atoms with Crippen LogP contribution in [0.5, 0.6) is 0 Å². The molecule has 1 fully saturated rings. The van der Waals surface area contributed by atoms with Crippen LogP contribution in [0.15, 0.2) is 24.3 Å². The van der Waals surface area contributed by atoms with Gasteiger partial charge in [-0.15, -0.1) is 0 Å². The number of β-lactam (4-membered cyclic amide) rings is 1. The van der Waals surface area contributed by atoms with Crippen LogP contribution in [0.3, 0.4) is 0 Å². The van der Waals surface area contributed by atoms with Crippen molar-refractivity contribution >= 4 is 5.91 Å². The molecule has 2 rings (SSSR count). The van der Waals surface area contributed by atoms with Gasteiger partial charge in [-0.1, -0.05) is 12.1 Å². The third-order valence-electron chi connectivity index (χ3n) is 2.94. The maximum atomic E-state index is 12.6. The molecule has 16 heavy (non-hydrogen) atoms. The van der Waals surface area contributed by atoms with Crippen molar-refractivity contribution in [1.82, 2.24) is 5.32 Å². The minimum Gasteiger partial charge on any atom is -0.388 e. The van der Waals surface area contributed by atoms with Crippen LogP contribution in [-0.2, 0) is 4.79 Å². The number of carbonyl (C=O) groups is 1. The Morgan fingerprint density at radius 3 is 2.62 bits per heavy atom. The molecule has 0 aromatic heterocycles. The largest absolute Gasteiger partial charge is 0.388 e. The van der Waals surface area contributed by atoms with E-state index in [1.807, 2.05) is 0 Å². The minimum atomic E-state index is -0.617. The summed E-state index contributed by atoms with van der Waals surface area (Å²) in [6.45, 7) is 0.703. The summed E-state index contributed by atoms with van der Waals surface area (Å²) in [5, 5.41) is 12.5. The number of aliphatic hydroxyl groups is 1. The average molecular weight is 223 g/mol. The second kappa shape index (κ2) is 4.61. The summed E-state index contributed by atoms with van der Waals surface area (Å²) in [7, 11) is 0.